The molecule has 0 aromatic carbocycles. The predicted molar refractivity (Wildman–Crippen MR) is 77.2 cm³/mol. The predicted octanol–water partition coefficient (Wildman–Crippen LogP) is 1.95. The Balaban J connectivity index is 1.81. The lowest BCUT2D eigenvalue weighted by Crippen LogP contribution is -2.37. The Labute approximate surface area is 123 Å². The molecule has 1 aromatic heterocycles. The van der Waals surface area contributed by atoms with Crippen LogP contribution in [0.25, 0.3) is 0 Å². The number of hydrogen-bond donors (Lipinski definition) is 1. The van der Waals surface area contributed by atoms with E-state index in [0.29, 0.717) is 12.6 Å². The van der Waals surface area contributed by atoms with Crippen molar-refractivity contribution in [2.24, 2.45) is 0 Å². The Morgan fingerprint density at radius 2 is 2.21 bits per heavy atom. The Hall–Kier alpha value is -0.210. The molecule has 108 valence electrons. The van der Waals surface area contributed by atoms with Crippen LogP contribution in [0.5, 0.6) is 0 Å². The van der Waals surface area contributed by atoms with Crippen LogP contribution >= 0.6 is 22.9 Å². The van der Waals surface area contributed by atoms with Crippen molar-refractivity contribution in [2.45, 2.75) is 35.9 Å². The van der Waals surface area contributed by atoms with Gasteiger partial charge in [-0.05, 0) is 19.9 Å². The molecule has 19 heavy (non-hydrogen) atoms. The summed E-state index contributed by atoms with van der Waals surface area (Å²) in [6, 6.07) is 0.599. The number of nitrogens with zero attached hydrogens (tertiary/aromatic N) is 2. The number of rotatable bonds is 6. The third-order valence-electron chi connectivity index (χ3n) is 3.43. The Kier molecular flexibility index (Phi) is 5.19. The topological polar surface area (TPSA) is 62.3 Å². The second kappa shape index (κ2) is 6.49. The molecule has 2 rings (SSSR count). The SMILES string of the molecule is CN(CCNS(=O)(=O)c1cnc(Cl)s1)C1CCCC1. The molecule has 0 saturated heterocycles. The van der Waals surface area contributed by atoms with Crippen molar-refractivity contribution in [3.8, 4) is 0 Å². The van der Waals surface area contributed by atoms with E-state index < -0.39 is 10.0 Å². The second-order valence-electron chi connectivity index (χ2n) is 4.75. The zero-order valence-electron chi connectivity index (χ0n) is 10.8. The normalized spacial score (nSPS) is 17.4. The van der Waals surface area contributed by atoms with Gasteiger partial charge in [-0.15, -0.1) is 0 Å². The lowest BCUT2D eigenvalue weighted by atomic mass is 10.2. The monoisotopic (exact) mass is 323 g/mol. The summed E-state index contributed by atoms with van der Waals surface area (Å²) in [4.78, 5) is 5.97. The average Bonchev–Trinajstić information content (AvgIpc) is 2.99. The van der Waals surface area contributed by atoms with E-state index in [9.17, 15) is 8.42 Å². The van der Waals surface area contributed by atoms with Crippen molar-refractivity contribution in [2.75, 3.05) is 20.1 Å². The largest absolute Gasteiger partial charge is 0.302 e. The van der Waals surface area contributed by atoms with Crippen LogP contribution in [-0.4, -0.2) is 44.5 Å². The Morgan fingerprint density at radius 3 is 2.79 bits per heavy atom. The summed E-state index contributed by atoms with van der Waals surface area (Å²) >= 11 is 6.61. The maximum absolute atomic E-state index is 11.9. The third-order valence-corrected chi connectivity index (χ3v) is 6.46. The fraction of sp³-hybridized carbons (Fsp3) is 0.727. The summed E-state index contributed by atoms with van der Waals surface area (Å²) < 4.78 is 26.9. The standard InChI is InChI=1S/C11H18ClN3O2S2/c1-15(9-4-2-3-5-9)7-6-14-19(16,17)10-8-13-11(12)18-10/h8-9,14H,2-7H2,1H3. The second-order valence-corrected chi connectivity index (χ2v) is 8.36. The quantitative estimate of drug-likeness (QED) is 0.869. The van der Waals surface area contributed by atoms with E-state index in [1.807, 2.05) is 7.05 Å². The highest BCUT2D eigenvalue weighted by Crippen LogP contribution is 2.23. The minimum absolute atomic E-state index is 0.168. The van der Waals surface area contributed by atoms with Gasteiger partial charge in [-0.25, -0.2) is 18.1 Å². The molecule has 0 spiro atoms. The van der Waals surface area contributed by atoms with Gasteiger partial charge in [0.05, 0.1) is 6.20 Å². The van der Waals surface area contributed by atoms with Gasteiger partial charge < -0.3 is 4.90 Å². The third kappa shape index (κ3) is 4.13. The van der Waals surface area contributed by atoms with E-state index >= 15 is 0 Å². The first kappa shape index (κ1) is 15.2. The highest BCUT2D eigenvalue weighted by Gasteiger charge is 2.21. The van der Waals surface area contributed by atoms with Gasteiger partial charge in [-0.3, -0.25) is 0 Å². The van der Waals surface area contributed by atoms with Gasteiger partial charge in [0.25, 0.3) is 10.0 Å². The number of halogens is 1. The first-order valence-electron chi connectivity index (χ1n) is 6.30. The fourth-order valence-electron chi connectivity index (χ4n) is 2.32. The van der Waals surface area contributed by atoms with E-state index in [1.54, 1.807) is 0 Å². The highest BCUT2D eigenvalue weighted by atomic mass is 35.5. The molecule has 1 saturated carbocycles. The lowest BCUT2D eigenvalue weighted by Gasteiger charge is -2.23. The molecule has 0 unspecified atom stereocenters. The maximum atomic E-state index is 11.9. The lowest BCUT2D eigenvalue weighted by molar-refractivity contribution is 0.250. The molecule has 1 fully saturated rings. The smallest absolute Gasteiger partial charge is 0.251 e. The van der Waals surface area contributed by atoms with E-state index in [-0.39, 0.29) is 8.68 Å². The number of sulfonamides is 1. The van der Waals surface area contributed by atoms with Crippen molar-refractivity contribution < 1.29 is 8.42 Å². The first-order chi connectivity index (χ1) is 8.99. The summed E-state index contributed by atoms with van der Waals surface area (Å²) in [5.41, 5.74) is 0. The minimum Gasteiger partial charge on any atom is -0.302 e. The average molecular weight is 324 g/mol. The van der Waals surface area contributed by atoms with Crippen molar-refractivity contribution in [3.63, 3.8) is 0 Å². The molecule has 8 heteroatoms. The summed E-state index contributed by atoms with van der Waals surface area (Å²) in [5.74, 6) is 0. The van der Waals surface area contributed by atoms with Crippen molar-refractivity contribution in [1.82, 2.24) is 14.6 Å². The number of likely N-dealkylation sites (N-methyl/N-ethyl adjacent to an activating group) is 1. The van der Waals surface area contributed by atoms with Crippen LogP contribution in [0, 0.1) is 0 Å². The molecule has 1 aliphatic carbocycles. The van der Waals surface area contributed by atoms with E-state index in [0.717, 1.165) is 17.9 Å². The first-order valence-corrected chi connectivity index (χ1v) is 8.98. The number of nitrogens with one attached hydrogen (secondary N) is 1. The molecule has 1 aromatic rings. The molecular formula is C11H18ClN3O2S2. The van der Waals surface area contributed by atoms with Gasteiger partial charge in [0, 0.05) is 19.1 Å². The minimum atomic E-state index is -3.46. The van der Waals surface area contributed by atoms with E-state index in [1.165, 1.54) is 31.9 Å². The fourth-order valence-corrected chi connectivity index (χ4v) is 4.68. The summed E-state index contributed by atoms with van der Waals surface area (Å²) in [7, 11) is -1.41. The molecule has 1 N–H and O–H groups in total. The van der Waals surface area contributed by atoms with Crippen molar-refractivity contribution >= 4 is 33.0 Å². The maximum Gasteiger partial charge on any atom is 0.251 e. The van der Waals surface area contributed by atoms with Crippen molar-refractivity contribution in [1.29, 1.82) is 0 Å². The molecule has 0 radical (unpaired) electrons. The summed E-state index contributed by atoms with van der Waals surface area (Å²) in [6.45, 7) is 1.13. The van der Waals surface area contributed by atoms with Gasteiger partial charge in [0.1, 0.15) is 0 Å². The molecule has 0 amide bonds. The number of hydrogen-bond acceptors (Lipinski definition) is 5. The molecule has 0 bridgehead atoms. The highest BCUT2D eigenvalue weighted by molar-refractivity contribution is 7.91. The van der Waals surface area contributed by atoms with Gasteiger partial charge in [-0.1, -0.05) is 35.8 Å². The van der Waals surface area contributed by atoms with Gasteiger partial charge in [0.2, 0.25) is 0 Å². The molecular weight excluding hydrogens is 306 g/mol. The Bertz CT molecular complexity index is 512. The zero-order chi connectivity index (χ0) is 13.9. The van der Waals surface area contributed by atoms with Crippen LogP contribution < -0.4 is 4.72 Å². The molecule has 0 atom stereocenters. The number of thiazole rings is 1. The van der Waals surface area contributed by atoms with Crippen LogP contribution in [-0.2, 0) is 10.0 Å². The molecule has 5 nitrogen and oxygen atoms in total. The van der Waals surface area contributed by atoms with E-state index in [4.69, 9.17) is 11.6 Å². The van der Waals surface area contributed by atoms with E-state index in [2.05, 4.69) is 14.6 Å². The van der Waals surface area contributed by atoms with Gasteiger partial charge in [0.15, 0.2) is 8.68 Å². The Morgan fingerprint density at radius 1 is 1.53 bits per heavy atom. The zero-order valence-corrected chi connectivity index (χ0v) is 13.2. The van der Waals surface area contributed by atoms with Crippen LogP contribution in [0.3, 0.4) is 0 Å². The molecule has 1 heterocycles. The molecule has 1 aliphatic rings. The summed E-state index contributed by atoms with van der Waals surface area (Å²) in [6.07, 6.45) is 6.28. The summed E-state index contributed by atoms with van der Waals surface area (Å²) in [5, 5.41) is 0. The van der Waals surface area contributed by atoms with Crippen LogP contribution in [0.4, 0.5) is 0 Å². The molecule has 0 aliphatic heterocycles. The van der Waals surface area contributed by atoms with Crippen LogP contribution in [0.1, 0.15) is 25.7 Å². The van der Waals surface area contributed by atoms with Crippen molar-refractivity contribution in [3.05, 3.63) is 10.7 Å². The van der Waals surface area contributed by atoms with Crippen LogP contribution in [0.15, 0.2) is 10.4 Å². The van der Waals surface area contributed by atoms with Crippen LogP contribution in [0.2, 0.25) is 4.47 Å². The number of aromatic nitrogens is 1. The van der Waals surface area contributed by atoms with Gasteiger partial charge >= 0.3 is 0 Å². The van der Waals surface area contributed by atoms with Gasteiger partial charge in [-0.2, -0.15) is 0 Å².